The molecule has 4 heteroatoms. The number of carbonyl (C=O) groups excluding carboxylic acids is 1. The maximum atomic E-state index is 10.9. The van der Waals surface area contributed by atoms with Gasteiger partial charge in [0.15, 0.2) is 0 Å². The van der Waals surface area contributed by atoms with Crippen molar-refractivity contribution in [2.75, 3.05) is 13.2 Å². The Labute approximate surface area is 88.6 Å². The predicted octanol–water partition coefficient (Wildman–Crippen LogP) is 1.44. The SMILES string of the molecule is CCOc1ccc([C@H]2CNC(=O)N2)cc1. The Morgan fingerprint density at radius 1 is 1.40 bits per heavy atom. The van der Waals surface area contributed by atoms with Gasteiger partial charge in [-0.1, -0.05) is 12.1 Å². The van der Waals surface area contributed by atoms with E-state index in [1.165, 1.54) is 0 Å². The minimum Gasteiger partial charge on any atom is -0.494 e. The standard InChI is InChI=1S/C11H14N2O2/c1-2-15-9-5-3-8(4-6-9)10-7-12-11(14)13-10/h3-6,10H,2,7H2,1H3,(H2,12,13,14)/t10-/m1/s1. The number of carbonyl (C=O) groups is 1. The van der Waals surface area contributed by atoms with Gasteiger partial charge in [-0.3, -0.25) is 0 Å². The second-order valence-electron chi connectivity index (χ2n) is 3.41. The van der Waals surface area contributed by atoms with Gasteiger partial charge >= 0.3 is 6.03 Å². The molecule has 0 aliphatic carbocycles. The van der Waals surface area contributed by atoms with Crippen molar-refractivity contribution < 1.29 is 9.53 Å². The van der Waals surface area contributed by atoms with Gasteiger partial charge in [0.2, 0.25) is 0 Å². The molecule has 0 saturated carbocycles. The number of rotatable bonds is 3. The Hall–Kier alpha value is -1.71. The summed E-state index contributed by atoms with van der Waals surface area (Å²) >= 11 is 0. The molecule has 2 amide bonds. The third-order valence-corrected chi connectivity index (χ3v) is 2.37. The lowest BCUT2D eigenvalue weighted by Crippen LogP contribution is -2.21. The third kappa shape index (κ3) is 2.21. The van der Waals surface area contributed by atoms with E-state index in [0.29, 0.717) is 13.2 Å². The van der Waals surface area contributed by atoms with E-state index in [9.17, 15) is 4.79 Å². The van der Waals surface area contributed by atoms with E-state index < -0.39 is 0 Å². The highest BCUT2D eigenvalue weighted by Crippen LogP contribution is 2.19. The van der Waals surface area contributed by atoms with Crippen LogP contribution >= 0.6 is 0 Å². The van der Waals surface area contributed by atoms with Gasteiger partial charge in [0, 0.05) is 6.54 Å². The van der Waals surface area contributed by atoms with Crippen LogP contribution in [0, 0.1) is 0 Å². The van der Waals surface area contributed by atoms with Gasteiger partial charge in [-0.2, -0.15) is 0 Å². The first-order valence-electron chi connectivity index (χ1n) is 5.06. The highest BCUT2D eigenvalue weighted by atomic mass is 16.5. The zero-order chi connectivity index (χ0) is 10.7. The number of benzene rings is 1. The van der Waals surface area contributed by atoms with Gasteiger partial charge in [0.1, 0.15) is 5.75 Å². The van der Waals surface area contributed by atoms with Crippen LogP contribution in [-0.4, -0.2) is 19.2 Å². The van der Waals surface area contributed by atoms with Crippen molar-refractivity contribution in [1.82, 2.24) is 10.6 Å². The summed E-state index contributed by atoms with van der Waals surface area (Å²) < 4.78 is 5.34. The smallest absolute Gasteiger partial charge is 0.315 e. The Morgan fingerprint density at radius 2 is 2.13 bits per heavy atom. The monoisotopic (exact) mass is 206 g/mol. The molecule has 1 saturated heterocycles. The van der Waals surface area contributed by atoms with Crippen LogP contribution in [0.15, 0.2) is 24.3 Å². The number of nitrogens with one attached hydrogen (secondary N) is 2. The van der Waals surface area contributed by atoms with E-state index >= 15 is 0 Å². The van der Waals surface area contributed by atoms with Crippen LogP contribution in [0.4, 0.5) is 4.79 Å². The van der Waals surface area contributed by atoms with Crippen LogP contribution in [0.2, 0.25) is 0 Å². The molecular weight excluding hydrogens is 192 g/mol. The van der Waals surface area contributed by atoms with Crippen molar-refractivity contribution in [2.45, 2.75) is 13.0 Å². The second-order valence-corrected chi connectivity index (χ2v) is 3.41. The summed E-state index contributed by atoms with van der Waals surface area (Å²) in [5.74, 6) is 0.860. The summed E-state index contributed by atoms with van der Waals surface area (Å²) in [4.78, 5) is 10.9. The van der Waals surface area contributed by atoms with Crippen LogP contribution in [0.5, 0.6) is 5.75 Å². The summed E-state index contributed by atoms with van der Waals surface area (Å²) in [6, 6.07) is 7.76. The molecule has 2 rings (SSSR count). The molecule has 1 aliphatic heterocycles. The summed E-state index contributed by atoms with van der Waals surface area (Å²) in [6.07, 6.45) is 0. The third-order valence-electron chi connectivity index (χ3n) is 2.37. The van der Waals surface area contributed by atoms with Crippen molar-refractivity contribution in [2.24, 2.45) is 0 Å². The first kappa shape index (κ1) is 9.83. The lowest BCUT2D eigenvalue weighted by atomic mass is 10.1. The molecule has 1 fully saturated rings. The molecule has 2 N–H and O–H groups in total. The Kier molecular flexibility index (Phi) is 2.76. The minimum absolute atomic E-state index is 0.0770. The Morgan fingerprint density at radius 3 is 2.67 bits per heavy atom. The molecule has 80 valence electrons. The largest absolute Gasteiger partial charge is 0.494 e. The molecule has 1 heterocycles. The summed E-state index contributed by atoms with van der Waals surface area (Å²) in [5, 5.41) is 5.56. The molecule has 0 aromatic heterocycles. The van der Waals surface area contributed by atoms with Gasteiger partial charge in [-0.25, -0.2) is 4.79 Å². The number of amides is 2. The van der Waals surface area contributed by atoms with E-state index in [0.717, 1.165) is 11.3 Å². The van der Waals surface area contributed by atoms with Gasteiger partial charge in [0.25, 0.3) is 0 Å². The van der Waals surface area contributed by atoms with Gasteiger partial charge in [0.05, 0.1) is 12.6 Å². The molecule has 4 nitrogen and oxygen atoms in total. The van der Waals surface area contributed by atoms with Crippen molar-refractivity contribution >= 4 is 6.03 Å². The average molecular weight is 206 g/mol. The normalized spacial score (nSPS) is 19.5. The fourth-order valence-electron chi connectivity index (χ4n) is 1.62. The van der Waals surface area contributed by atoms with Crippen molar-refractivity contribution in [1.29, 1.82) is 0 Å². The molecular formula is C11H14N2O2. The minimum atomic E-state index is -0.103. The zero-order valence-electron chi connectivity index (χ0n) is 8.62. The molecule has 1 aromatic carbocycles. The fraction of sp³-hybridized carbons (Fsp3) is 0.364. The number of ether oxygens (including phenoxy) is 1. The highest BCUT2D eigenvalue weighted by molar-refractivity contribution is 5.76. The topological polar surface area (TPSA) is 50.4 Å². The molecule has 0 unspecified atom stereocenters. The highest BCUT2D eigenvalue weighted by Gasteiger charge is 2.20. The maximum absolute atomic E-state index is 10.9. The van der Waals surface area contributed by atoms with Crippen LogP contribution in [0.25, 0.3) is 0 Å². The van der Waals surface area contributed by atoms with Crippen LogP contribution in [0.1, 0.15) is 18.5 Å². The second kappa shape index (κ2) is 4.21. The number of hydrogen-bond acceptors (Lipinski definition) is 2. The van der Waals surface area contributed by atoms with Crippen LogP contribution < -0.4 is 15.4 Å². The lowest BCUT2D eigenvalue weighted by Gasteiger charge is -2.09. The van der Waals surface area contributed by atoms with E-state index in [4.69, 9.17) is 4.74 Å². The van der Waals surface area contributed by atoms with Crippen molar-refractivity contribution in [3.8, 4) is 5.75 Å². The van der Waals surface area contributed by atoms with E-state index in [-0.39, 0.29) is 12.1 Å². The molecule has 1 aromatic rings. The molecule has 1 aliphatic rings. The number of hydrogen-bond donors (Lipinski definition) is 2. The molecule has 0 spiro atoms. The predicted molar refractivity (Wildman–Crippen MR) is 56.9 cm³/mol. The van der Waals surface area contributed by atoms with E-state index in [1.807, 2.05) is 31.2 Å². The fourth-order valence-corrected chi connectivity index (χ4v) is 1.62. The molecule has 1 atom stereocenters. The van der Waals surface area contributed by atoms with Gasteiger partial charge in [-0.05, 0) is 24.6 Å². The first-order valence-corrected chi connectivity index (χ1v) is 5.06. The van der Waals surface area contributed by atoms with E-state index in [1.54, 1.807) is 0 Å². The van der Waals surface area contributed by atoms with Crippen molar-refractivity contribution in [3.05, 3.63) is 29.8 Å². The molecule has 15 heavy (non-hydrogen) atoms. The van der Waals surface area contributed by atoms with E-state index in [2.05, 4.69) is 10.6 Å². The molecule has 0 radical (unpaired) electrons. The molecule has 0 bridgehead atoms. The summed E-state index contributed by atoms with van der Waals surface area (Å²) in [6.45, 7) is 3.27. The van der Waals surface area contributed by atoms with Crippen LogP contribution in [-0.2, 0) is 0 Å². The quantitative estimate of drug-likeness (QED) is 0.786. The van der Waals surface area contributed by atoms with Crippen LogP contribution in [0.3, 0.4) is 0 Å². The summed E-state index contributed by atoms with van der Waals surface area (Å²) in [7, 11) is 0. The first-order chi connectivity index (χ1) is 7.29. The van der Waals surface area contributed by atoms with Gasteiger partial charge in [-0.15, -0.1) is 0 Å². The van der Waals surface area contributed by atoms with Gasteiger partial charge < -0.3 is 15.4 Å². The maximum Gasteiger partial charge on any atom is 0.315 e. The zero-order valence-corrected chi connectivity index (χ0v) is 8.62. The Balaban J connectivity index is 2.06. The lowest BCUT2D eigenvalue weighted by molar-refractivity contribution is 0.247. The average Bonchev–Trinajstić information content (AvgIpc) is 2.67. The summed E-state index contributed by atoms with van der Waals surface area (Å²) in [5.41, 5.74) is 1.09. The van der Waals surface area contributed by atoms with Crippen molar-refractivity contribution in [3.63, 3.8) is 0 Å². The Bertz CT molecular complexity index is 348. The number of urea groups is 1.